The zero-order valence-corrected chi connectivity index (χ0v) is 11.9. The van der Waals surface area contributed by atoms with Gasteiger partial charge >= 0.3 is 0 Å². The summed E-state index contributed by atoms with van der Waals surface area (Å²) in [6.07, 6.45) is 0. The molecule has 0 aliphatic carbocycles. The number of non-ortho nitro benzene ring substituents is 1. The van der Waals surface area contributed by atoms with Crippen molar-refractivity contribution in [2.45, 2.75) is 6.54 Å². The Morgan fingerprint density at radius 3 is 2.67 bits per heavy atom. The molecular weight excluding hydrogens is 296 g/mol. The molecule has 0 saturated heterocycles. The number of phenols is 1. The average molecular weight is 309 g/mol. The summed E-state index contributed by atoms with van der Waals surface area (Å²) < 4.78 is 5.00. The molecule has 110 valence electrons. The van der Waals surface area contributed by atoms with Gasteiger partial charge in [0.05, 0.1) is 22.7 Å². The van der Waals surface area contributed by atoms with Crippen molar-refractivity contribution in [1.82, 2.24) is 0 Å². The molecule has 7 heteroatoms. The van der Waals surface area contributed by atoms with E-state index < -0.39 is 4.92 Å². The van der Waals surface area contributed by atoms with E-state index in [1.165, 1.54) is 31.4 Å². The van der Waals surface area contributed by atoms with Gasteiger partial charge in [0.15, 0.2) is 0 Å². The number of nitro benzene ring substituents is 1. The Bertz CT molecular complexity index is 676. The standard InChI is InChI=1S/C14H13ClN2O4/c1-21-11-4-2-9(14(18)7-11)8-16-13-5-3-10(17(19)20)6-12(13)15/h2-7,16,18H,8H2,1H3. The van der Waals surface area contributed by atoms with Crippen molar-refractivity contribution in [2.24, 2.45) is 0 Å². The largest absolute Gasteiger partial charge is 0.507 e. The van der Waals surface area contributed by atoms with Crippen LogP contribution >= 0.6 is 11.6 Å². The van der Waals surface area contributed by atoms with Crippen LogP contribution in [0.3, 0.4) is 0 Å². The van der Waals surface area contributed by atoms with Crippen molar-refractivity contribution >= 4 is 23.0 Å². The SMILES string of the molecule is COc1ccc(CNc2ccc([N+](=O)[O-])cc2Cl)c(O)c1. The van der Waals surface area contributed by atoms with E-state index >= 15 is 0 Å². The molecule has 2 N–H and O–H groups in total. The maximum atomic E-state index is 10.6. The predicted molar refractivity (Wildman–Crippen MR) is 80.1 cm³/mol. The normalized spacial score (nSPS) is 10.2. The monoisotopic (exact) mass is 308 g/mol. The van der Waals surface area contributed by atoms with Crippen molar-refractivity contribution in [3.8, 4) is 11.5 Å². The lowest BCUT2D eigenvalue weighted by Gasteiger charge is -2.10. The van der Waals surface area contributed by atoms with Gasteiger partial charge in [0.1, 0.15) is 11.5 Å². The molecule has 0 aromatic heterocycles. The first-order valence-corrected chi connectivity index (χ1v) is 6.42. The molecule has 0 saturated carbocycles. The Morgan fingerprint density at radius 1 is 1.33 bits per heavy atom. The van der Waals surface area contributed by atoms with Crippen LogP contribution in [0.4, 0.5) is 11.4 Å². The summed E-state index contributed by atoms with van der Waals surface area (Å²) in [7, 11) is 1.52. The summed E-state index contributed by atoms with van der Waals surface area (Å²) in [4.78, 5) is 10.1. The third-order valence-corrected chi connectivity index (χ3v) is 3.24. The van der Waals surface area contributed by atoms with Gasteiger partial charge in [-0.25, -0.2) is 0 Å². The highest BCUT2D eigenvalue weighted by molar-refractivity contribution is 6.33. The van der Waals surface area contributed by atoms with E-state index in [1.807, 2.05) is 0 Å². The van der Waals surface area contributed by atoms with E-state index in [-0.39, 0.29) is 16.5 Å². The summed E-state index contributed by atoms with van der Waals surface area (Å²) >= 11 is 5.98. The molecule has 0 spiro atoms. The minimum atomic E-state index is -0.509. The Kier molecular flexibility index (Phi) is 4.49. The number of anilines is 1. The number of hydrogen-bond donors (Lipinski definition) is 2. The molecule has 0 fully saturated rings. The lowest BCUT2D eigenvalue weighted by Crippen LogP contribution is -2.01. The molecule has 0 unspecified atom stereocenters. The van der Waals surface area contributed by atoms with E-state index in [0.717, 1.165) is 0 Å². The number of halogens is 1. The fourth-order valence-corrected chi connectivity index (χ4v) is 2.01. The third-order valence-electron chi connectivity index (χ3n) is 2.93. The fraction of sp³-hybridized carbons (Fsp3) is 0.143. The van der Waals surface area contributed by atoms with Crippen molar-refractivity contribution in [3.63, 3.8) is 0 Å². The van der Waals surface area contributed by atoms with Crippen LogP contribution in [0.2, 0.25) is 5.02 Å². The molecule has 0 aliphatic heterocycles. The quantitative estimate of drug-likeness (QED) is 0.651. The zero-order chi connectivity index (χ0) is 15.4. The van der Waals surface area contributed by atoms with Gasteiger partial charge in [-0.15, -0.1) is 0 Å². The van der Waals surface area contributed by atoms with Gasteiger partial charge in [-0.3, -0.25) is 10.1 Å². The number of rotatable bonds is 5. The summed E-state index contributed by atoms with van der Waals surface area (Å²) in [6, 6.07) is 9.13. The second-order valence-corrected chi connectivity index (χ2v) is 4.68. The smallest absolute Gasteiger partial charge is 0.271 e. The van der Waals surface area contributed by atoms with Gasteiger partial charge in [-0.05, 0) is 18.2 Å². The number of ether oxygens (including phenoxy) is 1. The molecule has 2 aromatic rings. The van der Waals surface area contributed by atoms with Crippen LogP contribution in [0.1, 0.15) is 5.56 Å². The van der Waals surface area contributed by atoms with E-state index in [0.29, 0.717) is 23.5 Å². The Balaban J connectivity index is 2.11. The first kappa shape index (κ1) is 14.9. The van der Waals surface area contributed by atoms with Crippen LogP contribution in [-0.4, -0.2) is 17.1 Å². The third kappa shape index (κ3) is 3.55. The Morgan fingerprint density at radius 2 is 2.10 bits per heavy atom. The first-order valence-electron chi connectivity index (χ1n) is 6.05. The molecular formula is C14H13ClN2O4. The lowest BCUT2D eigenvalue weighted by atomic mass is 10.2. The van der Waals surface area contributed by atoms with Crippen molar-refractivity contribution in [2.75, 3.05) is 12.4 Å². The second-order valence-electron chi connectivity index (χ2n) is 4.27. The average Bonchev–Trinajstić information content (AvgIpc) is 2.46. The first-order chi connectivity index (χ1) is 10.0. The number of nitrogens with one attached hydrogen (secondary N) is 1. The van der Waals surface area contributed by atoms with Gasteiger partial charge in [0.25, 0.3) is 5.69 Å². The van der Waals surface area contributed by atoms with Crippen molar-refractivity contribution in [1.29, 1.82) is 0 Å². The van der Waals surface area contributed by atoms with E-state index in [9.17, 15) is 15.2 Å². The van der Waals surface area contributed by atoms with E-state index in [1.54, 1.807) is 12.1 Å². The molecule has 21 heavy (non-hydrogen) atoms. The zero-order valence-electron chi connectivity index (χ0n) is 11.2. The van der Waals surface area contributed by atoms with Gasteiger partial charge in [-0.2, -0.15) is 0 Å². The summed E-state index contributed by atoms with van der Waals surface area (Å²) in [5.74, 6) is 0.657. The minimum absolute atomic E-state index is 0.0714. The van der Waals surface area contributed by atoms with Gasteiger partial charge in [0.2, 0.25) is 0 Å². The molecule has 0 amide bonds. The molecule has 0 heterocycles. The number of nitro groups is 1. The second kappa shape index (κ2) is 6.32. The summed E-state index contributed by atoms with van der Waals surface area (Å²) in [5.41, 5.74) is 1.14. The lowest BCUT2D eigenvalue weighted by molar-refractivity contribution is -0.384. The highest BCUT2D eigenvalue weighted by Gasteiger charge is 2.10. The Hall–Kier alpha value is -2.47. The van der Waals surface area contributed by atoms with Gasteiger partial charge in [0, 0.05) is 30.3 Å². The van der Waals surface area contributed by atoms with Crippen LogP contribution in [-0.2, 0) is 6.54 Å². The number of methoxy groups -OCH3 is 1. The molecule has 0 radical (unpaired) electrons. The molecule has 6 nitrogen and oxygen atoms in total. The highest BCUT2D eigenvalue weighted by atomic mass is 35.5. The van der Waals surface area contributed by atoms with E-state index in [2.05, 4.69) is 5.32 Å². The minimum Gasteiger partial charge on any atom is -0.507 e. The maximum absolute atomic E-state index is 10.6. The predicted octanol–water partition coefficient (Wildman–Crippen LogP) is 3.57. The number of phenolic OH excluding ortho intramolecular Hbond substituents is 1. The van der Waals surface area contributed by atoms with Crippen molar-refractivity contribution < 1.29 is 14.8 Å². The van der Waals surface area contributed by atoms with Crippen LogP contribution in [0.15, 0.2) is 36.4 Å². The van der Waals surface area contributed by atoms with Crippen LogP contribution in [0.5, 0.6) is 11.5 Å². The number of aromatic hydroxyl groups is 1. The Labute approximate surface area is 126 Å². The molecule has 0 aliphatic rings. The maximum Gasteiger partial charge on any atom is 0.271 e. The summed E-state index contributed by atoms with van der Waals surface area (Å²) in [5, 5.41) is 23.7. The number of benzene rings is 2. The molecule has 0 bridgehead atoms. The molecule has 2 rings (SSSR count). The van der Waals surface area contributed by atoms with Crippen LogP contribution in [0, 0.1) is 10.1 Å². The van der Waals surface area contributed by atoms with Crippen LogP contribution in [0.25, 0.3) is 0 Å². The molecule has 0 atom stereocenters. The highest BCUT2D eigenvalue weighted by Crippen LogP contribution is 2.28. The molecule has 2 aromatic carbocycles. The van der Waals surface area contributed by atoms with Gasteiger partial charge in [-0.1, -0.05) is 11.6 Å². The van der Waals surface area contributed by atoms with Gasteiger partial charge < -0.3 is 15.2 Å². The number of nitrogens with zero attached hydrogens (tertiary/aromatic N) is 1. The fourth-order valence-electron chi connectivity index (χ4n) is 1.77. The van der Waals surface area contributed by atoms with Crippen LogP contribution < -0.4 is 10.1 Å². The summed E-state index contributed by atoms with van der Waals surface area (Å²) in [6.45, 7) is 0.327. The topological polar surface area (TPSA) is 84.6 Å². The number of hydrogen-bond acceptors (Lipinski definition) is 5. The van der Waals surface area contributed by atoms with E-state index in [4.69, 9.17) is 16.3 Å². The van der Waals surface area contributed by atoms with Crippen molar-refractivity contribution in [3.05, 3.63) is 57.1 Å².